The van der Waals surface area contributed by atoms with Crippen LogP contribution in [0.5, 0.6) is 0 Å². The van der Waals surface area contributed by atoms with Crippen molar-refractivity contribution in [2.24, 2.45) is 0 Å². The van der Waals surface area contributed by atoms with Crippen LogP contribution < -0.4 is 5.32 Å². The van der Waals surface area contributed by atoms with Crippen molar-refractivity contribution in [2.75, 3.05) is 19.8 Å². The van der Waals surface area contributed by atoms with Crippen LogP contribution in [0.4, 0.5) is 0 Å². The Morgan fingerprint density at radius 3 is 2.37 bits per heavy atom. The van der Waals surface area contributed by atoms with Crippen molar-refractivity contribution in [1.82, 2.24) is 10.2 Å². The van der Waals surface area contributed by atoms with Gasteiger partial charge in [0.15, 0.2) is 0 Å². The number of rotatable bonds is 4. The van der Waals surface area contributed by atoms with Gasteiger partial charge in [0.1, 0.15) is 0 Å². The van der Waals surface area contributed by atoms with Gasteiger partial charge in [-0.25, -0.2) is 0 Å². The van der Waals surface area contributed by atoms with Gasteiger partial charge in [0.05, 0.1) is 0 Å². The van der Waals surface area contributed by atoms with Gasteiger partial charge in [-0.2, -0.15) is 0 Å². The third-order valence-electron chi connectivity index (χ3n) is 5.61. The first kappa shape index (κ1) is 13.8. The molecular weight excluding hydrogens is 236 g/mol. The molecule has 0 radical (unpaired) electrons. The van der Waals surface area contributed by atoms with Gasteiger partial charge in [0, 0.05) is 36.9 Å². The molecule has 3 nitrogen and oxygen atoms in total. The molecule has 0 aromatic rings. The molecule has 3 heteroatoms. The summed E-state index contributed by atoms with van der Waals surface area (Å²) in [5.74, 6) is 0. The fourth-order valence-electron chi connectivity index (χ4n) is 4.64. The Labute approximate surface area is 118 Å². The topological polar surface area (TPSA) is 24.5 Å². The molecule has 110 valence electrons. The van der Waals surface area contributed by atoms with Gasteiger partial charge in [-0.1, -0.05) is 6.92 Å². The molecule has 2 bridgehead atoms. The third-order valence-corrected chi connectivity index (χ3v) is 5.61. The first-order valence-corrected chi connectivity index (χ1v) is 8.32. The van der Waals surface area contributed by atoms with Crippen LogP contribution in [-0.4, -0.2) is 48.3 Å². The summed E-state index contributed by atoms with van der Waals surface area (Å²) in [5.41, 5.74) is 0.416. The number of piperidine rings is 1. The molecule has 1 N–H and O–H groups in total. The van der Waals surface area contributed by atoms with E-state index in [-0.39, 0.29) is 0 Å². The van der Waals surface area contributed by atoms with Gasteiger partial charge in [0.2, 0.25) is 0 Å². The number of fused-ring (bicyclic) bond motifs is 2. The highest BCUT2D eigenvalue weighted by atomic mass is 16.5. The highest BCUT2D eigenvalue weighted by Gasteiger charge is 2.48. The van der Waals surface area contributed by atoms with Crippen molar-refractivity contribution < 1.29 is 4.74 Å². The van der Waals surface area contributed by atoms with Gasteiger partial charge in [-0.05, 0) is 58.4 Å². The number of hydrogen-bond acceptors (Lipinski definition) is 3. The van der Waals surface area contributed by atoms with Gasteiger partial charge >= 0.3 is 0 Å². The maximum atomic E-state index is 5.58. The monoisotopic (exact) mass is 266 g/mol. The minimum atomic E-state index is 0.416. The Morgan fingerprint density at radius 1 is 1.16 bits per heavy atom. The molecule has 0 spiro atoms. The third kappa shape index (κ3) is 2.70. The summed E-state index contributed by atoms with van der Waals surface area (Å²) in [7, 11) is 0. The molecule has 0 amide bonds. The normalized spacial score (nSPS) is 38.5. The van der Waals surface area contributed by atoms with E-state index in [0.29, 0.717) is 5.54 Å². The van der Waals surface area contributed by atoms with Crippen molar-refractivity contribution in [2.45, 2.75) is 82.5 Å². The molecule has 3 rings (SSSR count). The minimum absolute atomic E-state index is 0.416. The number of nitrogens with zero attached hydrogens (tertiary/aromatic N) is 1. The zero-order chi connectivity index (χ0) is 13.3. The Morgan fingerprint density at radius 2 is 1.79 bits per heavy atom. The predicted molar refractivity (Wildman–Crippen MR) is 78.4 cm³/mol. The summed E-state index contributed by atoms with van der Waals surface area (Å²) in [6.45, 7) is 7.86. The molecule has 0 aromatic heterocycles. The second-order valence-electron chi connectivity index (χ2n) is 7.02. The molecule has 0 aliphatic carbocycles. The van der Waals surface area contributed by atoms with Crippen molar-refractivity contribution >= 4 is 0 Å². The van der Waals surface area contributed by atoms with E-state index >= 15 is 0 Å². The van der Waals surface area contributed by atoms with Crippen LogP contribution >= 0.6 is 0 Å². The Bertz CT molecular complexity index is 287. The average Bonchev–Trinajstić information content (AvgIpc) is 2.70. The van der Waals surface area contributed by atoms with Gasteiger partial charge in [-0.15, -0.1) is 0 Å². The van der Waals surface area contributed by atoms with Crippen LogP contribution in [0, 0.1) is 0 Å². The van der Waals surface area contributed by atoms with Crippen molar-refractivity contribution in [3.05, 3.63) is 0 Å². The van der Waals surface area contributed by atoms with Crippen LogP contribution in [0.25, 0.3) is 0 Å². The van der Waals surface area contributed by atoms with Crippen LogP contribution in [0.3, 0.4) is 0 Å². The molecule has 0 saturated carbocycles. The van der Waals surface area contributed by atoms with Crippen molar-refractivity contribution in [1.29, 1.82) is 0 Å². The lowest BCUT2D eigenvalue weighted by Gasteiger charge is -2.51. The Hall–Kier alpha value is -0.120. The lowest BCUT2D eigenvalue weighted by Crippen LogP contribution is -2.60. The standard InChI is InChI=1S/C16H30N2O/c1-3-8-17-13-11-14-4-5-15(12-13)18(14)16(2)6-9-19-10-7-16/h13-15,17H,3-12H2,1-2H3. The second kappa shape index (κ2) is 5.71. The predicted octanol–water partition coefficient (Wildman–Crippen LogP) is 2.55. The fourth-order valence-corrected chi connectivity index (χ4v) is 4.64. The smallest absolute Gasteiger partial charge is 0.0483 e. The van der Waals surface area contributed by atoms with Crippen LogP contribution in [-0.2, 0) is 4.74 Å². The van der Waals surface area contributed by atoms with E-state index in [1.165, 1.54) is 51.5 Å². The maximum absolute atomic E-state index is 5.58. The van der Waals surface area contributed by atoms with E-state index in [1.807, 2.05) is 0 Å². The largest absolute Gasteiger partial charge is 0.381 e. The highest BCUT2D eigenvalue weighted by Crippen LogP contribution is 2.43. The summed E-state index contributed by atoms with van der Waals surface area (Å²) >= 11 is 0. The molecule has 3 heterocycles. The molecule has 2 unspecified atom stereocenters. The average molecular weight is 266 g/mol. The summed E-state index contributed by atoms with van der Waals surface area (Å²) in [6, 6.07) is 2.43. The Kier molecular flexibility index (Phi) is 4.16. The zero-order valence-corrected chi connectivity index (χ0v) is 12.7. The van der Waals surface area contributed by atoms with Crippen LogP contribution in [0.1, 0.15) is 58.8 Å². The summed E-state index contributed by atoms with van der Waals surface area (Å²) < 4.78 is 5.58. The SMILES string of the molecule is CCCNC1CC2CCC(C1)N2C1(C)CCOCC1. The van der Waals surface area contributed by atoms with E-state index in [1.54, 1.807) is 0 Å². The highest BCUT2D eigenvalue weighted by molar-refractivity contribution is 5.04. The van der Waals surface area contributed by atoms with Gasteiger partial charge < -0.3 is 10.1 Å². The fraction of sp³-hybridized carbons (Fsp3) is 1.00. The molecule has 0 aromatic carbocycles. The molecular formula is C16H30N2O. The summed E-state index contributed by atoms with van der Waals surface area (Å²) in [5, 5.41) is 3.76. The number of nitrogens with one attached hydrogen (secondary N) is 1. The van der Waals surface area contributed by atoms with E-state index in [4.69, 9.17) is 4.74 Å². The first-order chi connectivity index (χ1) is 9.23. The molecule has 19 heavy (non-hydrogen) atoms. The maximum Gasteiger partial charge on any atom is 0.0483 e. The van der Waals surface area contributed by atoms with Gasteiger partial charge in [0.25, 0.3) is 0 Å². The zero-order valence-electron chi connectivity index (χ0n) is 12.7. The molecule has 3 aliphatic heterocycles. The van der Waals surface area contributed by atoms with Crippen LogP contribution in [0.2, 0.25) is 0 Å². The molecule has 2 atom stereocenters. The van der Waals surface area contributed by atoms with Gasteiger partial charge in [-0.3, -0.25) is 4.90 Å². The van der Waals surface area contributed by atoms with E-state index in [2.05, 4.69) is 24.1 Å². The summed E-state index contributed by atoms with van der Waals surface area (Å²) in [6.07, 6.45) is 9.29. The number of hydrogen-bond donors (Lipinski definition) is 1. The summed E-state index contributed by atoms with van der Waals surface area (Å²) in [4.78, 5) is 2.90. The van der Waals surface area contributed by atoms with Crippen LogP contribution in [0.15, 0.2) is 0 Å². The first-order valence-electron chi connectivity index (χ1n) is 8.32. The van der Waals surface area contributed by atoms with Crippen molar-refractivity contribution in [3.8, 4) is 0 Å². The lowest BCUT2D eigenvalue weighted by molar-refractivity contribution is -0.0589. The second-order valence-corrected chi connectivity index (χ2v) is 7.02. The Balaban J connectivity index is 1.65. The van der Waals surface area contributed by atoms with E-state index in [9.17, 15) is 0 Å². The molecule has 3 fully saturated rings. The molecule has 3 aliphatic rings. The van der Waals surface area contributed by atoms with E-state index < -0.39 is 0 Å². The van der Waals surface area contributed by atoms with E-state index in [0.717, 1.165) is 31.3 Å². The quantitative estimate of drug-likeness (QED) is 0.846. The van der Waals surface area contributed by atoms with Crippen molar-refractivity contribution in [3.63, 3.8) is 0 Å². The molecule has 3 saturated heterocycles. The number of ether oxygens (including phenoxy) is 1. The minimum Gasteiger partial charge on any atom is -0.381 e. The lowest BCUT2D eigenvalue weighted by atomic mass is 9.84.